The van der Waals surface area contributed by atoms with Crippen molar-refractivity contribution < 1.29 is 14.3 Å². The number of hydrogen-bond acceptors (Lipinski definition) is 6. The fourth-order valence-electron chi connectivity index (χ4n) is 3.83. The number of esters is 1. The maximum Gasteiger partial charge on any atom is 0.339 e. The number of hydrogen-bond donors (Lipinski definition) is 2. The Morgan fingerprint density at radius 3 is 2.73 bits per heavy atom. The molecule has 1 aliphatic rings. The molecule has 1 aromatic heterocycles. The van der Waals surface area contributed by atoms with Crippen LogP contribution in [0.1, 0.15) is 34.5 Å². The minimum atomic E-state index is -0.534. The normalized spacial score (nSPS) is 15.2. The highest BCUT2D eigenvalue weighted by atomic mass is 35.5. The Balaban J connectivity index is 0.000000194. The lowest BCUT2D eigenvalue weighted by Gasteiger charge is -2.32. The number of carbonyl (C=O) groups excluding carboxylic acids is 2. The molecular formula is C24H25Cl2N3O4. The molecule has 4 rings (SSSR count). The Morgan fingerprint density at radius 2 is 2.03 bits per heavy atom. The van der Waals surface area contributed by atoms with Gasteiger partial charge in [-0.2, -0.15) is 0 Å². The van der Waals surface area contributed by atoms with Crippen LogP contribution in [0.4, 0.5) is 5.69 Å². The summed E-state index contributed by atoms with van der Waals surface area (Å²) in [6.07, 6.45) is 3.08. The van der Waals surface area contributed by atoms with E-state index in [1.54, 1.807) is 18.2 Å². The molecule has 0 amide bonds. The molecule has 1 unspecified atom stereocenters. The number of nitrogens with zero attached hydrogens (tertiary/aromatic N) is 1. The van der Waals surface area contributed by atoms with Crippen LogP contribution in [0.15, 0.2) is 41.3 Å². The minimum Gasteiger partial charge on any atom is -0.465 e. The summed E-state index contributed by atoms with van der Waals surface area (Å²) in [5.74, 6) is -0.534. The van der Waals surface area contributed by atoms with Gasteiger partial charge in [0.15, 0.2) is 0 Å². The van der Waals surface area contributed by atoms with E-state index in [1.165, 1.54) is 24.4 Å². The number of aldehydes is 1. The molecule has 0 saturated carbocycles. The molecule has 0 aliphatic carbocycles. The molecule has 1 aliphatic heterocycles. The number of fused-ring (bicyclic) bond motifs is 2. The Hall–Kier alpha value is -2.87. The molecule has 7 nitrogen and oxygen atoms in total. The third-order valence-electron chi connectivity index (χ3n) is 5.69. The standard InChI is InChI=1S/C13H12N2O4.C11H13Cl2N/c1-19-13(18)11-7-15-12(17)9-3-2-8(6-10(9)11)14-4-5-16;1-7-11-8(3-4-14(7)2)5-9(12)6-10(11)13/h2-3,5-7,14H,4H2,1H3,(H,15,17);5-7H,3-4H2,1-2H3. The number of anilines is 1. The summed E-state index contributed by atoms with van der Waals surface area (Å²) in [6, 6.07) is 9.16. The zero-order valence-electron chi connectivity index (χ0n) is 18.6. The number of pyridine rings is 1. The van der Waals surface area contributed by atoms with Gasteiger partial charge in [0.1, 0.15) is 6.29 Å². The van der Waals surface area contributed by atoms with E-state index in [0.29, 0.717) is 22.5 Å². The van der Waals surface area contributed by atoms with Crippen LogP contribution >= 0.6 is 23.2 Å². The number of benzene rings is 2. The highest BCUT2D eigenvalue weighted by molar-refractivity contribution is 6.35. The summed E-state index contributed by atoms with van der Waals surface area (Å²) in [5, 5.41) is 5.26. The number of aromatic nitrogens is 1. The second-order valence-electron chi connectivity index (χ2n) is 7.70. The van der Waals surface area contributed by atoms with Gasteiger partial charge in [-0.25, -0.2) is 4.79 Å². The first-order chi connectivity index (χ1) is 15.8. The molecule has 0 spiro atoms. The lowest BCUT2D eigenvalue weighted by molar-refractivity contribution is -0.106. The van der Waals surface area contributed by atoms with Crippen molar-refractivity contribution in [3.8, 4) is 0 Å². The first-order valence-electron chi connectivity index (χ1n) is 10.4. The van der Waals surface area contributed by atoms with E-state index >= 15 is 0 Å². The molecule has 2 aromatic carbocycles. The van der Waals surface area contributed by atoms with Gasteiger partial charge in [-0.1, -0.05) is 23.2 Å². The molecular weight excluding hydrogens is 465 g/mol. The summed E-state index contributed by atoms with van der Waals surface area (Å²) in [4.78, 5) is 38.4. The van der Waals surface area contributed by atoms with Gasteiger partial charge in [-0.3, -0.25) is 9.69 Å². The predicted octanol–water partition coefficient (Wildman–Crippen LogP) is 4.47. The van der Waals surface area contributed by atoms with Gasteiger partial charge in [0.2, 0.25) is 0 Å². The number of aromatic amines is 1. The summed E-state index contributed by atoms with van der Waals surface area (Å²) >= 11 is 12.2. The largest absolute Gasteiger partial charge is 0.465 e. The molecule has 0 saturated heterocycles. The average Bonchev–Trinajstić information content (AvgIpc) is 2.80. The van der Waals surface area contributed by atoms with E-state index in [0.717, 1.165) is 29.3 Å². The van der Waals surface area contributed by atoms with Crippen molar-refractivity contribution in [2.75, 3.05) is 32.6 Å². The number of H-pyrrole nitrogens is 1. The van der Waals surface area contributed by atoms with E-state index in [9.17, 15) is 14.4 Å². The number of methoxy groups -OCH3 is 1. The van der Waals surface area contributed by atoms with E-state index in [2.05, 4.69) is 33.9 Å². The van der Waals surface area contributed by atoms with Crippen LogP contribution in [0.25, 0.3) is 10.8 Å². The highest BCUT2D eigenvalue weighted by Gasteiger charge is 2.23. The van der Waals surface area contributed by atoms with Crippen LogP contribution in [-0.2, 0) is 16.0 Å². The van der Waals surface area contributed by atoms with Crippen molar-refractivity contribution in [2.45, 2.75) is 19.4 Å². The number of rotatable bonds is 4. The van der Waals surface area contributed by atoms with Gasteiger partial charge in [0.05, 0.1) is 19.2 Å². The van der Waals surface area contributed by atoms with Gasteiger partial charge < -0.3 is 19.8 Å². The van der Waals surface area contributed by atoms with Crippen LogP contribution in [0, 0.1) is 0 Å². The molecule has 3 aromatic rings. The van der Waals surface area contributed by atoms with Gasteiger partial charge in [-0.05, 0) is 61.9 Å². The lowest BCUT2D eigenvalue weighted by atomic mass is 9.94. The van der Waals surface area contributed by atoms with Crippen molar-refractivity contribution in [2.24, 2.45) is 0 Å². The molecule has 0 bridgehead atoms. The van der Waals surface area contributed by atoms with Crippen molar-refractivity contribution >= 4 is 51.9 Å². The molecule has 0 fully saturated rings. The Kier molecular flexibility index (Phi) is 8.13. The van der Waals surface area contributed by atoms with Crippen molar-refractivity contribution in [3.63, 3.8) is 0 Å². The maximum atomic E-state index is 11.7. The van der Waals surface area contributed by atoms with Crippen molar-refractivity contribution in [1.82, 2.24) is 9.88 Å². The number of nitrogens with one attached hydrogen (secondary N) is 2. The fourth-order valence-corrected chi connectivity index (χ4v) is 4.52. The van der Waals surface area contributed by atoms with Crippen LogP contribution in [0.5, 0.6) is 0 Å². The maximum absolute atomic E-state index is 11.7. The van der Waals surface area contributed by atoms with E-state index < -0.39 is 5.97 Å². The van der Waals surface area contributed by atoms with Crippen molar-refractivity contribution in [3.05, 3.63) is 73.6 Å². The minimum absolute atomic E-state index is 0.155. The van der Waals surface area contributed by atoms with Gasteiger partial charge in [0.25, 0.3) is 5.56 Å². The number of ether oxygens (including phenoxy) is 1. The summed E-state index contributed by atoms with van der Waals surface area (Å²) in [7, 11) is 3.40. The molecule has 33 heavy (non-hydrogen) atoms. The van der Waals surface area contributed by atoms with E-state index in [-0.39, 0.29) is 17.7 Å². The molecule has 174 valence electrons. The molecule has 1 atom stereocenters. The van der Waals surface area contributed by atoms with E-state index in [4.69, 9.17) is 23.2 Å². The summed E-state index contributed by atoms with van der Waals surface area (Å²) in [6.45, 7) is 3.41. The first-order valence-corrected chi connectivity index (χ1v) is 11.1. The molecule has 0 radical (unpaired) electrons. The average molecular weight is 490 g/mol. The fraction of sp³-hybridized carbons (Fsp3) is 0.292. The van der Waals surface area contributed by atoms with Crippen LogP contribution < -0.4 is 10.9 Å². The smallest absolute Gasteiger partial charge is 0.339 e. The Morgan fingerprint density at radius 1 is 1.27 bits per heavy atom. The third kappa shape index (κ3) is 5.55. The van der Waals surface area contributed by atoms with Crippen LogP contribution in [-0.4, -0.2) is 49.4 Å². The molecule has 9 heteroatoms. The molecule has 2 N–H and O–H groups in total. The van der Waals surface area contributed by atoms with Crippen LogP contribution in [0.2, 0.25) is 10.0 Å². The van der Waals surface area contributed by atoms with Gasteiger partial charge >= 0.3 is 5.97 Å². The number of halogens is 2. The SMILES string of the molecule is CC1c2c(Cl)cc(Cl)cc2CCN1C.COC(=O)c1c[nH]c(=O)c2ccc(NCC=O)cc12. The lowest BCUT2D eigenvalue weighted by Crippen LogP contribution is -2.30. The molecule has 2 heterocycles. The van der Waals surface area contributed by atoms with Crippen LogP contribution in [0.3, 0.4) is 0 Å². The monoisotopic (exact) mass is 489 g/mol. The topological polar surface area (TPSA) is 91.5 Å². The Bertz CT molecular complexity index is 1240. The zero-order chi connectivity index (χ0) is 24.1. The number of carbonyl (C=O) groups is 2. The van der Waals surface area contributed by atoms with Crippen molar-refractivity contribution in [1.29, 1.82) is 0 Å². The summed E-state index contributed by atoms with van der Waals surface area (Å²) < 4.78 is 4.67. The van der Waals surface area contributed by atoms with E-state index in [1.807, 2.05) is 12.1 Å². The quantitative estimate of drug-likeness (QED) is 0.414. The predicted molar refractivity (Wildman–Crippen MR) is 132 cm³/mol. The van der Waals surface area contributed by atoms with Gasteiger partial charge in [0, 0.05) is 45.3 Å². The zero-order valence-corrected chi connectivity index (χ0v) is 20.1. The third-order valence-corrected chi connectivity index (χ3v) is 6.22. The Labute approximate surface area is 201 Å². The second kappa shape index (κ2) is 10.8. The first kappa shape index (κ1) is 24.8. The van der Waals surface area contributed by atoms with Gasteiger partial charge in [-0.15, -0.1) is 0 Å². The second-order valence-corrected chi connectivity index (χ2v) is 8.54. The summed E-state index contributed by atoms with van der Waals surface area (Å²) in [5.41, 5.74) is 3.17. The highest BCUT2D eigenvalue weighted by Crippen LogP contribution is 2.35. The number of likely N-dealkylation sites (N-methyl/N-ethyl adjacent to an activating group) is 1.